The largest absolute Gasteiger partial charge is 0.418 e. The van der Waals surface area contributed by atoms with Gasteiger partial charge < -0.3 is 9.47 Å². The standard InChI is InChI=1S/C27H23F3N4O5/c1-16-10-17(15-39-24-4-2-3-9-38-24)12-19(11-16)22-8-5-18-14-31-33(26(35)25(18)32-22)23-13-20(34(36)37)6-7-21(23)27(28,29)30/h5-8,10-14,24H,2-4,9,15H2,1H3. The minimum Gasteiger partial charge on any atom is -0.353 e. The molecular formula is C27H23F3N4O5. The number of fused-ring (bicyclic) bond motifs is 1. The number of nitro benzene ring substituents is 1. The number of nitrogens with zero attached hydrogens (tertiary/aromatic N) is 4. The lowest BCUT2D eigenvalue weighted by Gasteiger charge is -2.22. The molecular weight excluding hydrogens is 517 g/mol. The zero-order chi connectivity index (χ0) is 27.7. The Morgan fingerprint density at radius 2 is 1.97 bits per heavy atom. The summed E-state index contributed by atoms with van der Waals surface area (Å²) in [4.78, 5) is 28.2. The molecule has 2 aromatic heterocycles. The summed E-state index contributed by atoms with van der Waals surface area (Å²) in [5.74, 6) is 0. The molecule has 1 atom stereocenters. The molecule has 1 unspecified atom stereocenters. The lowest BCUT2D eigenvalue weighted by atomic mass is 10.0. The van der Waals surface area contributed by atoms with Crippen LogP contribution in [0.5, 0.6) is 0 Å². The second-order valence-corrected chi connectivity index (χ2v) is 9.27. The van der Waals surface area contributed by atoms with E-state index < -0.39 is 33.6 Å². The average Bonchev–Trinajstić information content (AvgIpc) is 2.91. The van der Waals surface area contributed by atoms with Gasteiger partial charge in [-0.15, -0.1) is 0 Å². The normalized spacial score (nSPS) is 15.9. The van der Waals surface area contributed by atoms with E-state index >= 15 is 0 Å². The summed E-state index contributed by atoms with van der Waals surface area (Å²) < 4.78 is 53.1. The second kappa shape index (κ2) is 10.5. The van der Waals surface area contributed by atoms with Gasteiger partial charge in [-0.05, 0) is 62.1 Å². The van der Waals surface area contributed by atoms with Gasteiger partial charge in [0.15, 0.2) is 6.29 Å². The van der Waals surface area contributed by atoms with Crippen molar-refractivity contribution in [1.82, 2.24) is 14.8 Å². The van der Waals surface area contributed by atoms with Crippen LogP contribution in [0.2, 0.25) is 0 Å². The van der Waals surface area contributed by atoms with E-state index in [1.54, 1.807) is 12.1 Å². The van der Waals surface area contributed by atoms with E-state index in [1.165, 1.54) is 6.20 Å². The van der Waals surface area contributed by atoms with Crippen molar-refractivity contribution in [2.45, 2.75) is 45.3 Å². The lowest BCUT2D eigenvalue weighted by Crippen LogP contribution is -2.25. The fraction of sp³-hybridized carbons (Fsp3) is 0.296. The third-order valence-corrected chi connectivity index (χ3v) is 6.37. The van der Waals surface area contributed by atoms with Crippen LogP contribution in [-0.2, 0) is 22.3 Å². The summed E-state index contributed by atoms with van der Waals surface area (Å²) in [6.45, 7) is 2.89. The molecule has 2 aromatic carbocycles. The number of aryl methyl sites for hydroxylation is 1. The maximum Gasteiger partial charge on any atom is 0.418 e. The molecule has 0 N–H and O–H groups in total. The number of halogens is 3. The quantitative estimate of drug-likeness (QED) is 0.227. The minimum absolute atomic E-state index is 0.128. The highest BCUT2D eigenvalue weighted by Gasteiger charge is 2.35. The van der Waals surface area contributed by atoms with E-state index in [2.05, 4.69) is 10.1 Å². The van der Waals surface area contributed by atoms with Crippen LogP contribution in [0, 0.1) is 17.0 Å². The zero-order valence-corrected chi connectivity index (χ0v) is 20.8. The number of hydrogen-bond donors (Lipinski definition) is 0. The molecule has 4 aromatic rings. The first-order valence-electron chi connectivity index (χ1n) is 12.2. The summed E-state index contributed by atoms with van der Waals surface area (Å²) in [6, 6.07) is 11.0. The Morgan fingerprint density at radius 3 is 2.69 bits per heavy atom. The molecule has 9 nitrogen and oxygen atoms in total. The van der Waals surface area contributed by atoms with Crippen LogP contribution in [-0.4, -0.2) is 32.6 Å². The van der Waals surface area contributed by atoms with Crippen LogP contribution >= 0.6 is 0 Å². The fourth-order valence-electron chi connectivity index (χ4n) is 4.52. The van der Waals surface area contributed by atoms with Gasteiger partial charge in [0.2, 0.25) is 0 Å². The molecule has 5 rings (SSSR count). The van der Waals surface area contributed by atoms with E-state index in [0.29, 0.717) is 46.7 Å². The van der Waals surface area contributed by atoms with Crippen LogP contribution in [0.3, 0.4) is 0 Å². The highest BCUT2D eigenvalue weighted by molar-refractivity contribution is 5.80. The molecule has 1 saturated heterocycles. The van der Waals surface area contributed by atoms with E-state index in [4.69, 9.17) is 9.47 Å². The molecule has 202 valence electrons. The zero-order valence-electron chi connectivity index (χ0n) is 20.8. The lowest BCUT2D eigenvalue weighted by molar-refractivity contribution is -0.384. The van der Waals surface area contributed by atoms with Crippen LogP contribution in [0.15, 0.2) is 59.5 Å². The number of aromatic nitrogens is 3. The van der Waals surface area contributed by atoms with Crippen LogP contribution in [0.1, 0.15) is 36.0 Å². The molecule has 1 aliphatic heterocycles. The number of hydrogen-bond acceptors (Lipinski definition) is 7. The van der Waals surface area contributed by atoms with Gasteiger partial charge >= 0.3 is 6.18 Å². The van der Waals surface area contributed by atoms with Gasteiger partial charge in [-0.25, -0.2) is 4.98 Å². The first-order valence-corrected chi connectivity index (χ1v) is 12.2. The van der Waals surface area contributed by atoms with Crippen LogP contribution < -0.4 is 5.56 Å². The van der Waals surface area contributed by atoms with Gasteiger partial charge in [0.05, 0.1) is 34.7 Å². The predicted molar refractivity (Wildman–Crippen MR) is 135 cm³/mol. The van der Waals surface area contributed by atoms with E-state index in [1.807, 2.05) is 25.1 Å². The molecule has 3 heterocycles. The second-order valence-electron chi connectivity index (χ2n) is 9.27. The van der Waals surface area contributed by atoms with Crippen LogP contribution in [0.4, 0.5) is 18.9 Å². The van der Waals surface area contributed by atoms with Crippen molar-refractivity contribution in [2.24, 2.45) is 0 Å². The van der Waals surface area contributed by atoms with E-state index in [9.17, 15) is 28.1 Å². The third kappa shape index (κ3) is 5.66. The van der Waals surface area contributed by atoms with Crippen molar-refractivity contribution >= 4 is 16.6 Å². The van der Waals surface area contributed by atoms with Gasteiger partial charge in [-0.2, -0.15) is 23.0 Å². The van der Waals surface area contributed by atoms with Gasteiger partial charge in [0.25, 0.3) is 11.2 Å². The smallest absolute Gasteiger partial charge is 0.353 e. The third-order valence-electron chi connectivity index (χ3n) is 6.37. The molecule has 39 heavy (non-hydrogen) atoms. The molecule has 12 heteroatoms. The number of rotatable bonds is 6. The van der Waals surface area contributed by atoms with Gasteiger partial charge in [0, 0.05) is 29.7 Å². The summed E-state index contributed by atoms with van der Waals surface area (Å²) in [5, 5.41) is 15.4. The molecule has 0 saturated carbocycles. The van der Waals surface area contributed by atoms with Gasteiger partial charge in [-0.1, -0.05) is 11.6 Å². The van der Waals surface area contributed by atoms with E-state index in [0.717, 1.165) is 36.5 Å². The number of benzene rings is 2. The molecule has 0 bridgehead atoms. The summed E-state index contributed by atoms with van der Waals surface area (Å²) in [6.07, 6.45) is -1.06. The van der Waals surface area contributed by atoms with Crippen molar-refractivity contribution in [2.75, 3.05) is 6.61 Å². The highest BCUT2D eigenvalue weighted by Crippen LogP contribution is 2.35. The molecule has 1 fully saturated rings. The molecule has 0 spiro atoms. The Balaban J connectivity index is 1.55. The Bertz CT molecular complexity index is 1610. The predicted octanol–water partition coefficient (Wildman–Crippen LogP) is 5.73. The number of pyridine rings is 1. The topological polar surface area (TPSA) is 109 Å². The monoisotopic (exact) mass is 540 g/mol. The molecule has 0 amide bonds. The Morgan fingerprint density at radius 1 is 1.15 bits per heavy atom. The fourth-order valence-corrected chi connectivity index (χ4v) is 4.52. The van der Waals surface area contributed by atoms with Gasteiger partial charge in [0.1, 0.15) is 5.52 Å². The number of alkyl halides is 3. The summed E-state index contributed by atoms with van der Waals surface area (Å²) in [7, 11) is 0. The van der Waals surface area contributed by atoms with Crippen molar-refractivity contribution in [1.29, 1.82) is 0 Å². The van der Waals surface area contributed by atoms with Crippen molar-refractivity contribution in [3.05, 3.63) is 91.9 Å². The average molecular weight is 540 g/mol. The van der Waals surface area contributed by atoms with E-state index in [-0.39, 0.29) is 11.8 Å². The maximum atomic E-state index is 13.7. The molecule has 0 radical (unpaired) electrons. The first-order chi connectivity index (χ1) is 18.6. The Labute approximate surface area is 220 Å². The maximum absolute atomic E-state index is 13.7. The molecule has 1 aliphatic rings. The van der Waals surface area contributed by atoms with Crippen LogP contribution in [0.25, 0.3) is 27.8 Å². The molecule has 0 aliphatic carbocycles. The number of ether oxygens (including phenoxy) is 2. The Kier molecular flexibility index (Phi) is 7.15. The summed E-state index contributed by atoms with van der Waals surface area (Å²) >= 11 is 0. The van der Waals surface area contributed by atoms with Crippen molar-refractivity contribution in [3.8, 4) is 16.9 Å². The summed E-state index contributed by atoms with van der Waals surface area (Å²) in [5.41, 5.74) is -0.750. The van der Waals surface area contributed by atoms with Gasteiger partial charge in [-0.3, -0.25) is 14.9 Å². The first kappa shape index (κ1) is 26.4. The SMILES string of the molecule is Cc1cc(COC2CCCCO2)cc(-c2ccc3cnn(-c4cc([N+](=O)[O-])ccc4C(F)(F)F)c(=O)c3n2)c1. The van der Waals surface area contributed by atoms with Crippen molar-refractivity contribution in [3.63, 3.8) is 0 Å². The number of nitro groups is 1. The Hall–Kier alpha value is -4.16. The minimum atomic E-state index is -4.88. The number of non-ortho nitro benzene ring substituents is 1. The highest BCUT2D eigenvalue weighted by atomic mass is 19.4. The van der Waals surface area contributed by atoms with Crippen molar-refractivity contribution < 1.29 is 27.6 Å².